The molecule has 0 saturated heterocycles. The zero-order valence-corrected chi connectivity index (χ0v) is 9.73. The topological polar surface area (TPSA) is 89.3 Å². The van der Waals surface area contributed by atoms with Gasteiger partial charge in [-0.15, -0.1) is 0 Å². The fourth-order valence-electron chi connectivity index (χ4n) is 2.70. The van der Waals surface area contributed by atoms with Gasteiger partial charge < -0.3 is 16.6 Å². The van der Waals surface area contributed by atoms with Gasteiger partial charge in [-0.1, -0.05) is 25.0 Å². The van der Waals surface area contributed by atoms with Gasteiger partial charge in [-0.3, -0.25) is 4.79 Å². The van der Waals surface area contributed by atoms with Gasteiger partial charge >= 0.3 is 0 Å². The summed E-state index contributed by atoms with van der Waals surface area (Å²) in [5.74, 6) is -0.230. The lowest BCUT2D eigenvalue weighted by molar-refractivity contribution is -0.125. The van der Waals surface area contributed by atoms with Crippen molar-refractivity contribution in [2.75, 3.05) is 0 Å². The number of carbonyl (C=O) groups is 1. The minimum Gasteiger partial charge on any atom is -0.508 e. The number of hydrogen-bond acceptors (Lipinski definition) is 3. The molecule has 4 heteroatoms. The molecule has 0 aromatic heterocycles. The quantitative estimate of drug-likeness (QED) is 0.734. The molecule has 1 aromatic rings. The fourth-order valence-corrected chi connectivity index (χ4v) is 2.70. The van der Waals surface area contributed by atoms with Crippen molar-refractivity contribution in [1.29, 1.82) is 0 Å². The van der Waals surface area contributed by atoms with Crippen LogP contribution in [0.25, 0.3) is 0 Å². The second-order valence-electron chi connectivity index (χ2n) is 4.76. The molecule has 2 rings (SSSR count). The molecular formula is C13H18N2O2. The lowest BCUT2D eigenvalue weighted by Gasteiger charge is -2.32. The molecule has 5 N–H and O–H groups in total. The SMILES string of the molecule is NC(=O)C(N)(c1ccc(O)cc1)C1CCCC1. The predicted octanol–water partition coefficient (Wildman–Crippen LogP) is 1.22. The largest absolute Gasteiger partial charge is 0.508 e. The molecule has 1 amide bonds. The number of phenolic OH excluding ortho intramolecular Hbond substituents is 1. The van der Waals surface area contributed by atoms with Crippen LogP contribution in [0.3, 0.4) is 0 Å². The molecule has 0 heterocycles. The van der Waals surface area contributed by atoms with Crippen molar-refractivity contribution in [2.24, 2.45) is 17.4 Å². The van der Waals surface area contributed by atoms with Gasteiger partial charge in [0.25, 0.3) is 0 Å². The van der Waals surface area contributed by atoms with Gasteiger partial charge in [-0.05, 0) is 36.5 Å². The van der Waals surface area contributed by atoms with Gasteiger partial charge in [0.1, 0.15) is 11.3 Å². The van der Waals surface area contributed by atoms with Crippen molar-refractivity contribution >= 4 is 5.91 Å². The van der Waals surface area contributed by atoms with Crippen LogP contribution in [0.15, 0.2) is 24.3 Å². The maximum atomic E-state index is 11.7. The third-order valence-corrected chi connectivity index (χ3v) is 3.75. The number of primary amides is 1. The highest BCUT2D eigenvalue weighted by molar-refractivity contribution is 5.86. The number of aromatic hydroxyl groups is 1. The third kappa shape index (κ3) is 2.00. The van der Waals surface area contributed by atoms with Crippen LogP contribution in [0.2, 0.25) is 0 Å². The number of benzene rings is 1. The van der Waals surface area contributed by atoms with Crippen LogP contribution in [-0.4, -0.2) is 11.0 Å². The summed E-state index contributed by atoms with van der Waals surface area (Å²) in [5, 5.41) is 9.27. The second kappa shape index (κ2) is 4.37. The van der Waals surface area contributed by atoms with E-state index in [2.05, 4.69) is 0 Å². The average molecular weight is 234 g/mol. The highest BCUT2D eigenvalue weighted by Gasteiger charge is 2.43. The molecule has 4 nitrogen and oxygen atoms in total. The monoisotopic (exact) mass is 234 g/mol. The van der Waals surface area contributed by atoms with Crippen LogP contribution >= 0.6 is 0 Å². The number of phenols is 1. The molecule has 0 radical (unpaired) electrons. The molecule has 1 aliphatic rings. The molecule has 1 saturated carbocycles. The van der Waals surface area contributed by atoms with Crippen molar-refractivity contribution in [3.63, 3.8) is 0 Å². The molecular weight excluding hydrogens is 216 g/mol. The van der Waals surface area contributed by atoms with E-state index in [1.54, 1.807) is 12.1 Å². The molecule has 92 valence electrons. The number of nitrogens with two attached hydrogens (primary N) is 2. The Labute approximate surface area is 101 Å². The molecule has 1 aromatic carbocycles. The van der Waals surface area contributed by atoms with E-state index in [4.69, 9.17) is 11.5 Å². The van der Waals surface area contributed by atoms with Gasteiger partial charge in [0.2, 0.25) is 5.91 Å². The average Bonchev–Trinajstić information content (AvgIpc) is 2.82. The Morgan fingerprint density at radius 3 is 2.24 bits per heavy atom. The van der Waals surface area contributed by atoms with Crippen LogP contribution < -0.4 is 11.5 Å². The summed E-state index contributed by atoms with van der Waals surface area (Å²) >= 11 is 0. The summed E-state index contributed by atoms with van der Waals surface area (Å²) in [4.78, 5) is 11.7. The van der Waals surface area contributed by atoms with E-state index in [-0.39, 0.29) is 11.7 Å². The van der Waals surface area contributed by atoms with Crippen LogP contribution in [0.1, 0.15) is 31.2 Å². The summed E-state index contributed by atoms with van der Waals surface area (Å²) in [6.07, 6.45) is 4.05. The number of hydrogen-bond donors (Lipinski definition) is 3. The maximum Gasteiger partial charge on any atom is 0.242 e. The summed E-state index contributed by atoms with van der Waals surface area (Å²) in [5.41, 5.74) is 11.3. The smallest absolute Gasteiger partial charge is 0.242 e. The lowest BCUT2D eigenvalue weighted by atomic mass is 9.77. The molecule has 0 spiro atoms. The van der Waals surface area contributed by atoms with Crippen molar-refractivity contribution in [3.8, 4) is 5.75 Å². The predicted molar refractivity (Wildman–Crippen MR) is 65.1 cm³/mol. The van der Waals surface area contributed by atoms with Crippen molar-refractivity contribution < 1.29 is 9.90 Å². The third-order valence-electron chi connectivity index (χ3n) is 3.75. The first-order valence-corrected chi connectivity index (χ1v) is 5.93. The zero-order chi connectivity index (χ0) is 12.5. The van der Waals surface area contributed by atoms with Crippen LogP contribution in [0.4, 0.5) is 0 Å². The molecule has 1 aliphatic carbocycles. The van der Waals surface area contributed by atoms with Gasteiger partial charge in [0.05, 0.1) is 0 Å². The Morgan fingerprint density at radius 1 is 1.24 bits per heavy atom. The van der Waals surface area contributed by atoms with Crippen molar-refractivity contribution in [2.45, 2.75) is 31.2 Å². The van der Waals surface area contributed by atoms with E-state index in [0.29, 0.717) is 5.56 Å². The van der Waals surface area contributed by atoms with E-state index in [0.717, 1.165) is 25.7 Å². The second-order valence-corrected chi connectivity index (χ2v) is 4.76. The highest BCUT2D eigenvalue weighted by Crippen LogP contribution is 2.39. The maximum absolute atomic E-state index is 11.7. The van der Waals surface area contributed by atoms with Crippen LogP contribution in [-0.2, 0) is 10.3 Å². The van der Waals surface area contributed by atoms with E-state index in [1.165, 1.54) is 12.1 Å². The Morgan fingerprint density at radius 2 is 1.76 bits per heavy atom. The minimum atomic E-state index is -1.11. The molecule has 0 aliphatic heterocycles. The lowest BCUT2D eigenvalue weighted by Crippen LogP contribution is -2.53. The Bertz CT molecular complexity index is 410. The van der Waals surface area contributed by atoms with Crippen LogP contribution in [0.5, 0.6) is 5.75 Å². The standard InChI is InChI=1S/C13H18N2O2/c14-12(17)13(15,9-3-1-2-4-9)10-5-7-11(16)8-6-10/h5-9,16H,1-4,15H2,(H2,14,17). The zero-order valence-electron chi connectivity index (χ0n) is 9.73. The van der Waals surface area contributed by atoms with E-state index >= 15 is 0 Å². The minimum absolute atomic E-state index is 0.101. The van der Waals surface area contributed by atoms with Gasteiger partial charge in [0, 0.05) is 0 Å². The summed E-state index contributed by atoms with van der Waals surface area (Å²) in [6, 6.07) is 6.43. The first-order chi connectivity index (χ1) is 8.05. The van der Waals surface area contributed by atoms with E-state index in [9.17, 15) is 9.90 Å². The normalized spacial score (nSPS) is 20.1. The summed E-state index contributed by atoms with van der Waals surface area (Å²) in [6.45, 7) is 0. The van der Waals surface area contributed by atoms with E-state index in [1.807, 2.05) is 0 Å². The molecule has 17 heavy (non-hydrogen) atoms. The first-order valence-electron chi connectivity index (χ1n) is 5.93. The van der Waals surface area contributed by atoms with E-state index < -0.39 is 11.4 Å². The number of carbonyl (C=O) groups excluding carboxylic acids is 1. The summed E-state index contributed by atoms with van der Waals surface area (Å²) < 4.78 is 0. The molecule has 0 bridgehead atoms. The summed E-state index contributed by atoms with van der Waals surface area (Å²) in [7, 11) is 0. The van der Waals surface area contributed by atoms with Gasteiger partial charge in [0.15, 0.2) is 0 Å². The van der Waals surface area contributed by atoms with Gasteiger partial charge in [-0.2, -0.15) is 0 Å². The van der Waals surface area contributed by atoms with Gasteiger partial charge in [-0.25, -0.2) is 0 Å². The number of rotatable bonds is 3. The Hall–Kier alpha value is -1.55. The number of amides is 1. The first kappa shape index (κ1) is 11.9. The van der Waals surface area contributed by atoms with Crippen molar-refractivity contribution in [3.05, 3.63) is 29.8 Å². The Balaban J connectivity index is 2.39. The fraction of sp³-hybridized carbons (Fsp3) is 0.462. The molecule has 1 unspecified atom stereocenters. The highest BCUT2D eigenvalue weighted by atomic mass is 16.3. The van der Waals surface area contributed by atoms with Crippen molar-refractivity contribution in [1.82, 2.24) is 0 Å². The molecule has 1 atom stereocenters. The Kier molecular flexibility index (Phi) is 3.07. The molecule has 1 fully saturated rings. The van der Waals surface area contributed by atoms with Crippen LogP contribution in [0, 0.1) is 5.92 Å².